The second kappa shape index (κ2) is 7.44. The van der Waals surface area contributed by atoms with Crippen LogP contribution in [-0.4, -0.2) is 30.7 Å². The molecule has 7 heteroatoms. The zero-order valence-electron chi connectivity index (χ0n) is 11.7. The van der Waals surface area contributed by atoms with Crippen LogP contribution in [0.15, 0.2) is 18.2 Å². The van der Waals surface area contributed by atoms with Crippen LogP contribution in [0.1, 0.15) is 19.4 Å². The Morgan fingerprint density at radius 1 is 1.50 bits per heavy atom. The smallest absolute Gasteiger partial charge is 0.346 e. The summed E-state index contributed by atoms with van der Waals surface area (Å²) >= 11 is 0. The van der Waals surface area contributed by atoms with Gasteiger partial charge >= 0.3 is 11.7 Å². The fourth-order valence-corrected chi connectivity index (χ4v) is 1.59. The molecular formula is C13H18N2O5. The van der Waals surface area contributed by atoms with Gasteiger partial charge in [-0.3, -0.25) is 10.1 Å². The van der Waals surface area contributed by atoms with E-state index in [4.69, 9.17) is 4.74 Å². The molecule has 0 spiro atoms. The maximum Gasteiger partial charge on any atom is 0.346 e. The number of carbonyl (C=O) groups excluding carboxylic acids is 1. The van der Waals surface area contributed by atoms with E-state index in [-0.39, 0.29) is 11.4 Å². The van der Waals surface area contributed by atoms with Crippen molar-refractivity contribution in [1.82, 2.24) is 5.32 Å². The topological polar surface area (TPSA) is 90.7 Å². The molecule has 1 aromatic rings. The standard InChI is InChI=1S/C13H18N2O5/c1-4-14-8-10-5-6-12(11(7-10)15(17)18)20-9(2)13(16)19-3/h5-7,9,14H,4,8H2,1-3H3. The normalized spacial score (nSPS) is 11.8. The zero-order valence-corrected chi connectivity index (χ0v) is 11.7. The zero-order chi connectivity index (χ0) is 15.1. The molecule has 0 aliphatic rings. The lowest BCUT2D eigenvalue weighted by Crippen LogP contribution is -2.25. The summed E-state index contributed by atoms with van der Waals surface area (Å²) in [7, 11) is 1.23. The van der Waals surface area contributed by atoms with Crippen molar-refractivity contribution in [1.29, 1.82) is 0 Å². The van der Waals surface area contributed by atoms with Gasteiger partial charge in [0.1, 0.15) is 0 Å². The van der Waals surface area contributed by atoms with Crippen LogP contribution in [0, 0.1) is 10.1 Å². The monoisotopic (exact) mass is 282 g/mol. The summed E-state index contributed by atoms with van der Waals surface area (Å²) in [6, 6.07) is 4.64. The molecule has 0 heterocycles. The van der Waals surface area contributed by atoms with Gasteiger partial charge in [-0.1, -0.05) is 13.0 Å². The number of methoxy groups -OCH3 is 1. The van der Waals surface area contributed by atoms with Crippen molar-refractivity contribution in [3.8, 4) is 5.75 Å². The van der Waals surface area contributed by atoms with Crippen LogP contribution in [0.2, 0.25) is 0 Å². The maximum absolute atomic E-state index is 11.3. The number of hydrogen-bond donors (Lipinski definition) is 1. The van der Waals surface area contributed by atoms with Gasteiger partial charge in [-0.15, -0.1) is 0 Å². The molecule has 110 valence electrons. The predicted molar refractivity (Wildman–Crippen MR) is 72.6 cm³/mol. The molecule has 1 rings (SSSR count). The predicted octanol–water partition coefficient (Wildman–Crippen LogP) is 1.64. The molecule has 7 nitrogen and oxygen atoms in total. The second-order valence-corrected chi connectivity index (χ2v) is 4.12. The van der Waals surface area contributed by atoms with E-state index in [0.717, 1.165) is 12.1 Å². The first-order chi connectivity index (χ1) is 9.49. The third-order valence-electron chi connectivity index (χ3n) is 2.64. The van der Waals surface area contributed by atoms with Crippen molar-refractivity contribution in [3.05, 3.63) is 33.9 Å². The van der Waals surface area contributed by atoms with Crippen LogP contribution in [0.25, 0.3) is 0 Å². The molecule has 0 aliphatic carbocycles. The highest BCUT2D eigenvalue weighted by Crippen LogP contribution is 2.29. The maximum atomic E-state index is 11.3. The molecule has 1 atom stereocenters. The van der Waals surface area contributed by atoms with Crippen molar-refractivity contribution < 1.29 is 19.2 Å². The number of carbonyl (C=O) groups is 1. The Hall–Kier alpha value is -2.15. The Balaban J connectivity index is 2.95. The first-order valence-corrected chi connectivity index (χ1v) is 6.22. The van der Waals surface area contributed by atoms with Crippen LogP contribution in [-0.2, 0) is 16.1 Å². The van der Waals surface area contributed by atoms with Crippen LogP contribution in [0.5, 0.6) is 5.75 Å². The van der Waals surface area contributed by atoms with Gasteiger partial charge in [-0.2, -0.15) is 0 Å². The summed E-state index contributed by atoms with van der Waals surface area (Å²) in [5, 5.41) is 14.1. The number of nitro benzene ring substituents is 1. The fraction of sp³-hybridized carbons (Fsp3) is 0.462. The van der Waals surface area contributed by atoms with Gasteiger partial charge in [0.2, 0.25) is 0 Å². The average Bonchev–Trinajstić information content (AvgIpc) is 2.44. The number of nitrogens with one attached hydrogen (secondary N) is 1. The number of hydrogen-bond acceptors (Lipinski definition) is 6. The van der Waals surface area contributed by atoms with E-state index < -0.39 is 17.0 Å². The molecule has 0 aromatic heterocycles. The van der Waals surface area contributed by atoms with Gasteiger partial charge in [0.15, 0.2) is 11.9 Å². The lowest BCUT2D eigenvalue weighted by Gasteiger charge is -2.13. The van der Waals surface area contributed by atoms with Gasteiger partial charge in [-0.05, 0) is 25.1 Å². The first kappa shape index (κ1) is 15.9. The average molecular weight is 282 g/mol. The van der Waals surface area contributed by atoms with E-state index in [1.807, 2.05) is 6.92 Å². The number of benzene rings is 1. The summed E-state index contributed by atoms with van der Waals surface area (Å²) in [4.78, 5) is 21.8. The van der Waals surface area contributed by atoms with E-state index in [9.17, 15) is 14.9 Å². The molecule has 1 N–H and O–H groups in total. The van der Waals surface area contributed by atoms with E-state index in [0.29, 0.717) is 6.54 Å². The molecule has 0 saturated heterocycles. The number of nitrogens with zero attached hydrogens (tertiary/aromatic N) is 1. The van der Waals surface area contributed by atoms with Crippen LogP contribution in [0.3, 0.4) is 0 Å². The largest absolute Gasteiger partial charge is 0.472 e. The highest BCUT2D eigenvalue weighted by molar-refractivity contribution is 5.74. The molecule has 20 heavy (non-hydrogen) atoms. The summed E-state index contributed by atoms with van der Waals surface area (Å²) in [5.74, 6) is -0.538. The van der Waals surface area contributed by atoms with Crippen LogP contribution < -0.4 is 10.1 Å². The first-order valence-electron chi connectivity index (χ1n) is 6.22. The molecule has 0 aliphatic heterocycles. The minimum Gasteiger partial charge on any atom is -0.472 e. The third-order valence-corrected chi connectivity index (χ3v) is 2.64. The summed E-state index contributed by atoms with van der Waals surface area (Å²) in [6.45, 7) is 4.72. The van der Waals surface area contributed by atoms with Crippen molar-refractivity contribution in [3.63, 3.8) is 0 Å². The van der Waals surface area contributed by atoms with Crippen molar-refractivity contribution in [2.45, 2.75) is 26.5 Å². The van der Waals surface area contributed by atoms with Crippen molar-refractivity contribution in [2.24, 2.45) is 0 Å². The highest BCUT2D eigenvalue weighted by atomic mass is 16.6. The van der Waals surface area contributed by atoms with Crippen molar-refractivity contribution >= 4 is 11.7 Å². The summed E-state index contributed by atoms with van der Waals surface area (Å²) in [6.07, 6.45) is -0.904. The Morgan fingerprint density at radius 2 is 2.20 bits per heavy atom. The molecule has 0 amide bonds. The minimum absolute atomic E-state index is 0.0492. The Bertz CT molecular complexity index is 490. The Labute approximate surface area is 117 Å². The number of nitro groups is 1. The summed E-state index contributed by atoms with van der Waals surface area (Å²) in [5.41, 5.74) is 0.604. The lowest BCUT2D eigenvalue weighted by atomic mass is 10.2. The molecule has 1 aromatic carbocycles. The Morgan fingerprint density at radius 3 is 2.75 bits per heavy atom. The van der Waals surface area contributed by atoms with Crippen LogP contribution in [0.4, 0.5) is 5.69 Å². The number of esters is 1. The number of rotatable bonds is 7. The lowest BCUT2D eigenvalue weighted by molar-refractivity contribution is -0.386. The second-order valence-electron chi connectivity index (χ2n) is 4.12. The van der Waals surface area contributed by atoms with Gasteiger partial charge in [0.25, 0.3) is 0 Å². The Kier molecular flexibility index (Phi) is 5.92. The third kappa shape index (κ3) is 4.20. The van der Waals surface area contributed by atoms with Gasteiger partial charge < -0.3 is 14.8 Å². The molecule has 0 radical (unpaired) electrons. The summed E-state index contributed by atoms with van der Waals surface area (Å²) < 4.78 is 9.80. The molecular weight excluding hydrogens is 264 g/mol. The van der Waals surface area contributed by atoms with E-state index in [1.165, 1.54) is 26.2 Å². The fourth-order valence-electron chi connectivity index (χ4n) is 1.59. The SMILES string of the molecule is CCNCc1ccc(OC(C)C(=O)OC)c([N+](=O)[O-])c1. The van der Waals surface area contributed by atoms with Gasteiger partial charge in [0.05, 0.1) is 12.0 Å². The minimum atomic E-state index is -0.904. The quantitative estimate of drug-likeness (QED) is 0.464. The van der Waals surface area contributed by atoms with Gasteiger partial charge in [-0.25, -0.2) is 4.79 Å². The molecule has 1 unspecified atom stereocenters. The van der Waals surface area contributed by atoms with Gasteiger partial charge in [0, 0.05) is 12.6 Å². The van der Waals surface area contributed by atoms with Crippen molar-refractivity contribution in [2.75, 3.05) is 13.7 Å². The highest BCUT2D eigenvalue weighted by Gasteiger charge is 2.21. The number of ether oxygens (including phenoxy) is 2. The molecule has 0 bridgehead atoms. The molecule has 0 saturated carbocycles. The van der Waals surface area contributed by atoms with Crippen LogP contribution >= 0.6 is 0 Å². The van der Waals surface area contributed by atoms with E-state index in [1.54, 1.807) is 6.07 Å². The van der Waals surface area contributed by atoms with E-state index >= 15 is 0 Å². The van der Waals surface area contributed by atoms with E-state index in [2.05, 4.69) is 10.1 Å². The molecule has 0 fully saturated rings.